The summed E-state index contributed by atoms with van der Waals surface area (Å²) in [5, 5.41) is 13.4. The molecule has 21 heavy (non-hydrogen) atoms. The highest BCUT2D eigenvalue weighted by Gasteiger charge is 2.23. The summed E-state index contributed by atoms with van der Waals surface area (Å²) < 4.78 is 0. The van der Waals surface area contributed by atoms with Crippen molar-refractivity contribution >= 4 is 23.3 Å². The fourth-order valence-corrected chi connectivity index (χ4v) is 3.14. The summed E-state index contributed by atoms with van der Waals surface area (Å²) in [5.74, 6) is -0.894. The van der Waals surface area contributed by atoms with Gasteiger partial charge in [0.1, 0.15) is 0 Å². The first-order valence-electron chi connectivity index (χ1n) is 6.94. The standard InChI is InChI=1S/C17H16ClNO2/c1-10-13(17(20)21)3-2-4-15(10)19-16-8-5-11-9-12(18)6-7-14(11)16/h2-4,6-7,9,16,19H,5,8H2,1H3,(H,20,21). The molecule has 1 aliphatic rings. The van der Waals surface area contributed by atoms with E-state index in [0.717, 1.165) is 29.1 Å². The molecule has 0 aromatic heterocycles. The summed E-state index contributed by atoms with van der Waals surface area (Å²) in [6.45, 7) is 1.84. The molecule has 0 radical (unpaired) electrons. The number of hydrogen-bond donors (Lipinski definition) is 2. The molecule has 0 bridgehead atoms. The maximum absolute atomic E-state index is 11.2. The van der Waals surface area contributed by atoms with Crippen molar-refractivity contribution in [3.8, 4) is 0 Å². The van der Waals surface area contributed by atoms with Crippen LogP contribution in [0.2, 0.25) is 5.02 Å². The minimum absolute atomic E-state index is 0.208. The number of carboxylic acids is 1. The first-order valence-corrected chi connectivity index (χ1v) is 7.32. The zero-order chi connectivity index (χ0) is 15.0. The smallest absolute Gasteiger partial charge is 0.336 e. The molecule has 4 heteroatoms. The number of rotatable bonds is 3. The molecular weight excluding hydrogens is 286 g/mol. The van der Waals surface area contributed by atoms with Crippen molar-refractivity contribution in [1.29, 1.82) is 0 Å². The summed E-state index contributed by atoms with van der Waals surface area (Å²) in [4.78, 5) is 11.2. The number of anilines is 1. The third-order valence-corrected chi connectivity index (χ3v) is 4.31. The van der Waals surface area contributed by atoms with Gasteiger partial charge in [0.15, 0.2) is 0 Å². The number of hydrogen-bond acceptors (Lipinski definition) is 2. The summed E-state index contributed by atoms with van der Waals surface area (Å²) in [6.07, 6.45) is 1.98. The van der Waals surface area contributed by atoms with Crippen molar-refractivity contribution in [2.75, 3.05) is 5.32 Å². The normalized spacial score (nSPS) is 16.6. The van der Waals surface area contributed by atoms with E-state index in [-0.39, 0.29) is 6.04 Å². The molecule has 0 fully saturated rings. The lowest BCUT2D eigenvalue weighted by molar-refractivity contribution is 0.0696. The molecule has 0 saturated carbocycles. The van der Waals surface area contributed by atoms with Crippen molar-refractivity contribution in [1.82, 2.24) is 0 Å². The predicted octanol–water partition coefficient (Wildman–Crippen LogP) is 4.45. The van der Waals surface area contributed by atoms with Gasteiger partial charge in [0.05, 0.1) is 11.6 Å². The lowest BCUT2D eigenvalue weighted by Gasteiger charge is -2.18. The van der Waals surface area contributed by atoms with E-state index >= 15 is 0 Å². The molecule has 0 aliphatic heterocycles. The van der Waals surface area contributed by atoms with Gasteiger partial charge in [-0.15, -0.1) is 0 Å². The van der Waals surface area contributed by atoms with E-state index in [0.29, 0.717) is 5.56 Å². The van der Waals surface area contributed by atoms with Crippen LogP contribution in [-0.4, -0.2) is 11.1 Å². The lowest BCUT2D eigenvalue weighted by Crippen LogP contribution is -2.10. The van der Waals surface area contributed by atoms with E-state index in [2.05, 4.69) is 11.4 Å². The fraction of sp³-hybridized carbons (Fsp3) is 0.235. The SMILES string of the molecule is Cc1c(NC2CCc3cc(Cl)ccc32)cccc1C(=O)O. The average molecular weight is 302 g/mol. The maximum atomic E-state index is 11.2. The van der Waals surface area contributed by atoms with Gasteiger partial charge in [-0.2, -0.15) is 0 Å². The molecule has 3 rings (SSSR count). The summed E-state index contributed by atoms with van der Waals surface area (Å²) >= 11 is 6.03. The maximum Gasteiger partial charge on any atom is 0.336 e. The van der Waals surface area contributed by atoms with E-state index in [9.17, 15) is 9.90 Å². The van der Waals surface area contributed by atoms with Gasteiger partial charge < -0.3 is 10.4 Å². The molecule has 0 saturated heterocycles. The average Bonchev–Trinajstić information content (AvgIpc) is 2.83. The number of aryl methyl sites for hydroxylation is 1. The third kappa shape index (κ3) is 2.61. The number of nitrogens with one attached hydrogen (secondary N) is 1. The number of benzene rings is 2. The van der Waals surface area contributed by atoms with Gasteiger partial charge in [-0.3, -0.25) is 0 Å². The Kier molecular flexibility index (Phi) is 3.60. The van der Waals surface area contributed by atoms with Crippen molar-refractivity contribution in [3.05, 3.63) is 63.7 Å². The van der Waals surface area contributed by atoms with Gasteiger partial charge in [0.25, 0.3) is 0 Å². The molecule has 0 spiro atoms. The van der Waals surface area contributed by atoms with Crippen molar-refractivity contribution in [2.45, 2.75) is 25.8 Å². The van der Waals surface area contributed by atoms with Crippen molar-refractivity contribution < 1.29 is 9.90 Å². The quantitative estimate of drug-likeness (QED) is 0.881. The van der Waals surface area contributed by atoms with Crippen LogP contribution in [0.15, 0.2) is 36.4 Å². The van der Waals surface area contributed by atoms with Crippen LogP contribution < -0.4 is 5.32 Å². The molecule has 3 nitrogen and oxygen atoms in total. The number of carbonyl (C=O) groups is 1. The molecule has 0 heterocycles. The Labute approximate surface area is 128 Å². The van der Waals surface area contributed by atoms with Crippen LogP contribution in [0.1, 0.15) is 39.5 Å². The van der Waals surface area contributed by atoms with Gasteiger partial charge in [-0.05, 0) is 60.7 Å². The Hall–Kier alpha value is -2.00. The van der Waals surface area contributed by atoms with Crippen LogP contribution in [0.4, 0.5) is 5.69 Å². The second kappa shape index (κ2) is 5.41. The molecule has 2 N–H and O–H groups in total. The van der Waals surface area contributed by atoms with Crippen molar-refractivity contribution in [2.24, 2.45) is 0 Å². The highest BCUT2D eigenvalue weighted by Crippen LogP contribution is 2.36. The highest BCUT2D eigenvalue weighted by atomic mass is 35.5. The molecule has 2 aromatic rings. The molecule has 1 unspecified atom stereocenters. The van der Waals surface area contributed by atoms with Crippen LogP contribution in [0.5, 0.6) is 0 Å². The van der Waals surface area contributed by atoms with Gasteiger partial charge in [0.2, 0.25) is 0 Å². The van der Waals surface area contributed by atoms with Crippen molar-refractivity contribution in [3.63, 3.8) is 0 Å². The predicted molar refractivity (Wildman–Crippen MR) is 84.3 cm³/mol. The van der Waals surface area contributed by atoms with Crippen LogP contribution in [0.25, 0.3) is 0 Å². The van der Waals surface area contributed by atoms with E-state index < -0.39 is 5.97 Å². The van der Waals surface area contributed by atoms with Gasteiger partial charge in [-0.1, -0.05) is 23.7 Å². The molecule has 108 valence electrons. The summed E-state index contributed by atoms with van der Waals surface area (Å²) in [5.41, 5.74) is 4.51. The Morgan fingerprint density at radius 2 is 2.14 bits per heavy atom. The fourth-order valence-electron chi connectivity index (χ4n) is 2.95. The van der Waals surface area contributed by atoms with Gasteiger partial charge in [-0.25, -0.2) is 4.79 Å². The van der Waals surface area contributed by atoms with E-state index in [1.807, 2.05) is 25.1 Å². The van der Waals surface area contributed by atoms with Gasteiger partial charge in [0, 0.05) is 10.7 Å². The number of aromatic carboxylic acids is 1. The van der Waals surface area contributed by atoms with Gasteiger partial charge >= 0.3 is 5.97 Å². The lowest BCUT2D eigenvalue weighted by atomic mass is 10.0. The number of fused-ring (bicyclic) bond motifs is 1. The second-order valence-corrected chi connectivity index (χ2v) is 5.80. The van der Waals surface area contributed by atoms with E-state index in [1.165, 1.54) is 11.1 Å². The minimum atomic E-state index is -0.894. The topological polar surface area (TPSA) is 49.3 Å². The first kappa shape index (κ1) is 14.0. The summed E-state index contributed by atoms with van der Waals surface area (Å²) in [6, 6.07) is 11.5. The van der Waals surface area contributed by atoms with Crippen LogP contribution in [0.3, 0.4) is 0 Å². The molecule has 2 aromatic carbocycles. The zero-order valence-electron chi connectivity index (χ0n) is 11.7. The highest BCUT2D eigenvalue weighted by molar-refractivity contribution is 6.30. The Balaban J connectivity index is 1.90. The second-order valence-electron chi connectivity index (χ2n) is 5.36. The van der Waals surface area contributed by atoms with Crippen LogP contribution >= 0.6 is 11.6 Å². The molecule has 0 amide bonds. The summed E-state index contributed by atoms with van der Waals surface area (Å²) in [7, 11) is 0. The van der Waals surface area contributed by atoms with E-state index in [1.54, 1.807) is 12.1 Å². The Morgan fingerprint density at radius 1 is 1.33 bits per heavy atom. The monoisotopic (exact) mass is 301 g/mol. The Bertz CT molecular complexity index is 712. The molecule has 1 aliphatic carbocycles. The first-order chi connectivity index (χ1) is 10.1. The van der Waals surface area contributed by atoms with E-state index in [4.69, 9.17) is 11.6 Å². The zero-order valence-corrected chi connectivity index (χ0v) is 12.4. The molecule has 1 atom stereocenters. The van der Waals surface area contributed by atoms with Crippen LogP contribution in [0, 0.1) is 6.92 Å². The number of carboxylic acid groups (broad SMARTS) is 1. The third-order valence-electron chi connectivity index (χ3n) is 4.08. The largest absolute Gasteiger partial charge is 0.478 e. The number of halogens is 1. The van der Waals surface area contributed by atoms with Crippen LogP contribution in [-0.2, 0) is 6.42 Å². The molecular formula is C17H16ClNO2. The Morgan fingerprint density at radius 3 is 2.90 bits per heavy atom. The minimum Gasteiger partial charge on any atom is -0.478 e.